The Kier molecular flexibility index (Phi) is 4.65. The van der Waals surface area contributed by atoms with Crippen LogP contribution in [0.2, 0.25) is 0 Å². The van der Waals surface area contributed by atoms with E-state index in [1.54, 1.807) is 31.3 Å². The number of nitro benzene ring substituents is 1. The molecule has 0 saturated carbocycles. The van der Waals surface area contributed by atoms with Gasteiger partial charge in [0, 0.05) is 12.1 Å². The van der Waals surface area contributed by atoms with E-state index in [0.29, 0.717) is 11.4 Å². The highest BCUT2D eigenvalue weighted by molar-refractivity contribution is 5.53. The average Bonchev–Trinajstić information content (AvgIpc) is 2.45. The fraction of sp³-hybridized carbons (Fsp3) is 0.286. The number of hydrogen-bond donors (Lipinski definition) is 1. The maximum Gasteiger partial charge on any atom is 0.314 e. The van der Waals surface area contributed by atoms with Gasteiger partial charge in [0.25, 0.3) is 0 Å². The first-order chi connectivity index (χ1) is 10.1. The zero-order valence-electron chi connectivity index (χ0n) is 11.9. The van der Waals surface area contributed by atoms with E-state index >= 15 is 0 Å². The summed E-state index contributed by atoms with van der Waals surface area (Å²) in [6.45, 7) is 4.47. The Morgan fingerprint density at radius 1 is 1.38 bits per heavy atom. The number of ether oxygens (including phenoxy) is 1. The Morgan fingerprint density at radius 3 is 2.90 bits per heavy atom. The number of para-hydroxylation sites is 1. The molecule has 0 amide bonds. The van der Waals surface area contributed by atoms with E-state index in [1.165, 1.54) is 6.20 Å². The van der Waals surface area contributed by atoms with Crippen molar-refractivity contribution in [1.29, 1.82) is 0 Å². The molecule has 0 bridgehead atoms. The molecule has 0 spiro atoms. The minimum absolute atomic E-state index is 0.0637. The number of nitro groups is 1. The molecule has 0 aliphatic carbocycles. The third-order valence-corrected chi connectivity index (χ3v) is 2.77. The number of aryl methyl sites for hydroxylation is 1. The molecule has 110 valence electrons. The predicted octanol–water partition coefficient (Wildman–Crippen LogP) is 3.31. The number of benzene rings is 1. The molecule has 2 aromatic rings. The quantitative estimate of drug-likeness (QED) is 0.647. The van der Waals surface area contributed by atoms with Crippen LogP contribution in [-0.2, 0) is 0 Å². The Labute approximate surface area is 122 Å². The monoisotopic (exact) mass is 288 g/mol. The molecule has 1 heterocycles. The second-order valence-corrected chi connectivity index (χ2v) is 4.45. The molecule has 0 aliphatic rings. The summed E-state index contributed by atoms with van der Waals surface area (Å²) in [4.78, 5) is 18.9. The molecule has 0 saturated heterocycles. The summed E-state index contributed by atoms with van der Waals surface area (Å²) in [5, 5.41) is 14.2. The maximum absolute atomic E-state index is 11.1. The molecule has 7 nitrogen and oxygen atoms in total. The van der Waals surface area contributed by atoms with Crippen molar-refractivity contribution in [1.82, 2.24) is 9.97 Å². The largest absolute Gasteiger partial charge is 0.430 e. The van der Waals surface area contributed by atoms with E-state index in [4.69, 9.17) is 4.74 Å². The van der Waals surface area contributed by atoms with Crippen LogP contribution >= 0.6 is 0 Å². The van der Waals surface area contributed by atoms with Gasteiger partial charge in [-0.1, -0.05) is 19.1 Å². The predicted molar refractivity (Wildman–Crippen MR) is 78.7 cm³/mol. The SMILES string of the molecule is CCCNc1cncc(Oc2cccc(C)c2[N+](=O)[O-])n1. The van der Waals surface area contributed by atoms with E-state index in [9.17, 15) is 10.1 Å². The highest BCUT2D eigenvalue weighted by Gasteiger charge is 2.19. The third-order valence-electron chi connectivity index (χ3n) is 2.77. The van der Waals surface area contributed by atoms with Gasteiger partial charge in [0.05, 0.1) is 17.3 Å². The van der Waals surface area contributed by atoms with Crippen LogP contribution in [-0.4, -0.2) is 21.4 Å². The van der Waals surface area contributed by atoms with Gasteiger partial charge in [-0.05, 0) is 19.4 Å². The molecule has 2 rings (SSSR count). The molecular formula is C14H16N4O3. The number of nitrogens with one attached hydrogen (secondary N) is 1. The van der Waals surface area contributed by atoms with Crippen molar-refractivity contribution in [2.75, 3.05) is 11.9 Å². The first kappa shape index (κ1) is 14.7. The second-order valence-electron chi connectivity index (χ2n) is 4.45. The smallest absolute Gasteiger partial charge is 0.314 e. The summed E-state index contributed by atoms with van der Waals surface area (Å²) in [5.74, 6) is 0.941. The zero-order valence-corrected chi connectivity index (χ0v) is 11.9. The van der Waals surface area contributed by atoms with Crippen molar-refractivity contribution in [2.24, 2.45) is 0 Å². The molecule has 0 radical (unpaired) electrons. The van der Waals surface area contributed by atoms with Gasteiger partial charge in [-0.25, -0.2) is 0 Å². The van der Waals surface area contributed by atoms with E-state index in [2.05, 4.69) is 15.3 Å². The topological polar surface area (TPSA) is 90.2 Å². The fourth-order valence-corrected chi connectivity index (χ4v) is 1.80. The summed E-state index contributed by atoms with van der Waals surface area (Å²) in [5.41, 5.74) is 0.469. The van der Waals surface area contributed by atoms with Gasteiger partial charge in [-0.3, -0.25) is 15.1 Å². The minimum Gasteiger partial charge on any atom is -0.430 e. The first-order valence-electron chi connectivity index (χ1n) is 6.59. The van der Waals surface area contributed by atoms with Crippen molar-refractivity contribution in [3.05, 3.63) is 46.3 Å². The number of anilines is 1. The van der Waals surface area contributed by atoms with Crippen LogP contribution < -0.4 is 10.1 Å². The molecule has 1 aromatic carbocycles. The third kappa shape index (κ3) is 3.65. The van der Waals surface area contributed by atoms with Crippen LogP contribution in [0.3, 0.4) is 0 Å². The summed E-state index contributed by atoms with van der Waals surface area (Å²) in [6.07, 6.45) is 3.95. The van der Waals surface area contributed by atoms with Crippen molar-refractivity contribution in [3.8, 4) is 11.6 Å². The van der Waals surface area contributed by atoms with Gasteiger partial charge in [0.1, 0.15) is 5.82 Å². The summed E-state index contributed by atoms with van der Waals surface area (Å²) < 4.78 is 5.52. The molecule has 0 atom stereocenters. The number of nitrogens with zero attached hydrogens (tertiary/aromatic N) is 3. The highest BCUT2D eigenvalue weighted by atomic mass is 16.6. The van der Waals surface area contributed by atoms with E-state index in [-0.39, 0.29) is 17.3 Å². The van der Waals surface area contributed by atoms with Gasteiger partial charge in [0.15, 0.2) is 0 Å². The van der Waals surface area contributed by atoms with Gasteiger partial charge < -0.3 is 10.1 Å². The highest BCUT2D eigenvalue weighted by Crippen LogP contribution is 2.33. The van der Waals surface area contributed by atoms with E-state index in [0.717, 1.165) is 13.0 Å². The van der Waals surface area contributed by atoms with Gasteiger partial charge >= 0.3 is 5.69 Å². The van der Waals surface area contributed by atoms with Crippen LogP contribution in [0, 0.1) is 17.0 Å². The standard InChI is InChI=1S/C14H16N4O3/c1-3-7-16-12-8-15-9-13(17-12)21-11-6-4-5-10(2)14(11)18(19)20/h4-6,8-9H,3,7H2,1-2H3,(H,16,17). The van der Waals surface area contributed by atoms with E-state index in [1.807, 2.05) is 6.92 Å². The number of hydrogen-bond acceptors (Lipinski definition) is 6. The van der Waals surface area contributed by atoms with Crippen molar-refractivity contribution in [3.63, 3.8) is 0 Å². The molecule has 21 heavy (non-hydrogen) atoms. The lowest BCUT2D eigenvalue weighted by Gasteiger charge is -2.08. The van der Waals surface area contributed by atoms with Crippen LogP contribution in [0.15, 0.2) is 30.6 Å². The Hall–Kier alpha value is -2.70. The lowest BCUT2D eigenvalue weighted by molar-refractivity contribution is -0.386. The number of aromatic nitrogens is 2. The summed E-state index contributed by atoms with van der Waals surface area (Å²) >= 11 is 0. The molecule has 0 aliphatic heterocycles. The van der Waals surface area contributed by atoms with Gasteiger partial charge in [-0.2, -0.15) is 4.98 Å². The van der Waals surface area contributed by atoms with Crippen LogP contribution in [0.4, 0.5) is 11.5 Å². The zero-order chi connectivity index (χ0) is 15.2. The van der Waals surface area contributed by atoms with Crippen LogP contribution in [0.25, 0.3) is 0 Å². The normalized spacial score (nSPS) is 10.2. The average molecular weight is 288 g/mol. The van der Waals surface area contributed by atoms with Gasteiger partial charge in [-0.15, -0.1) is 0 Å². The van der Waals surface area contributed by atoms with E-state index < -0.39 is 4.92 Å². The number of rotatable bonds is 6. The fourth-order valence-electron chi connectivity index (χ4n) is 1.80. The molecule has 7 heteroatoms. The molecule has 0 fully saturated rings. The molecule has 1 N–H and O–H groups in total. The lowest BCUT2D eigenvalue weighted by Crippen LogP contribution is -2.03. The van der Waals surface area contributed by atoms with Gasteiger partial charge in [0.2, 0.25) is 11.6 Å². The Balaban J connectivity index is 2.26. The summed E-state index contributed by atoms with van der Waals surface area (Å²) in [6, 6.07) is 4.90. The molecule has 0 unspecified atom stereocenters. The summed E-state index contributed by atoms with van der Waals surface area (Å²) in [7, 11) is 0. The van der Waals surface area contributed by atoms with Crippen molar-refractivity contribution in [2.45, 2.75) is 20.3 Å². The van der Waals surface area contributed by atoms with Crippen molar-refractivity contribution < 1.29 is 9.66 Å². The second kappa shape index (κ2) is 6.65. The minimum atomic E-state index is -0.461. The Bertz CT molecular complexity index is 646. The first-order valence-corrected chi connectivity index (χ1v) is 6.59. The lowest BCUT2D eigenvalue weighted by atomic mass is 10.2. The molecule has 1 aromatic heterocycles. The van der Waals surface area contributed by atoms with Crippen LogP contribution in [0.5, 0.6) is 11.6 Å². The van der Waals surface area contributed by atoms with Crippen LogP contribution in [0.1, 0.15) is 18.9 Å². The Morgan fingerprint density at radius 2 is 2.19 bits per heavy atom. The van der Waals surface area contributed by atoms with Crippen molar-refractivity contribution >= 4 is 11.5 Å². The molecular weight excluding hydrogens is 272 g/mol. The maximum atomic E-state index is 11.1.